The van der Waals surface area contributed by atoms with Crippen molar-refractivity contribution in [1.82, 2.24) is 5.32 Å². The molecule has 1 aliphatic heterocycles. The number of hydrogen-bond acceptors (Lipinski definition) is 2. The highest BCUT2D eigenvalue weighted by atomic mass is 16.5. The maximum absolute atomic E-state index is 13.0. The normalized spacial score (nSPS) is 19.5. The van der Waals surface area contributed by atoms with Gasteiger partial charge < -0.3 is 10.1 Å². The Bertz CT molecular complexity index is 1050. The second-order valence-electron chi connectivity index (χ2n) is 8.32. The van der Waals surface area contributed by atoms with Crippen LogP contribution >= 0.6 is 0 Å². The zero-order valence-electron chi connectivity index (χ0n) is 16.2. The van der Waals surface area contributed by atoms with Gasteiger partial charge in [0.15, 0.2) is 0 Å². The molecule has 0 aromatic heterocycles. The summed E-state index contributed by atoms with van der Waals surface area (Å²) in [5, 5.41) is 5.64. The number of aryl methyl sites for hydroxylation is 1. The summed E-state index contributed by atoms with van der Waals surface area (Å²) >= 11 is 0. The van der Waals surface area contributed by atoms with Gasteiger partial charge in [0.25, 0.3) is 0 Å². The largest absolute Gasteiger partial charge is 0.487 e. The average Bonchev–Trinajstić information content (AvgIpc) is 2.66. The van der Waals surface area contributed by atoms with E-state index in [0.717, 1.165) is 41.5 Å². The van der Waals surface area contributed by atoms with Crippen LogP contribution in [0.25, 0.3) is 10.8 Å². The summed E-state index contributed by atoms with van der Waals surface area (Å²) in [6.45, 7) is 2.08. The number of carbonyl (C=O) groups is 1. The van der Waals surface area contributed by atoms with Gasteiger partial charge in [-0.2, -0.15) is 0 Å². The fourth-order valence-corrected chi connectivity index (χ4v) is 4.65. The van der Waals surface area contributed by atoms with Crippen LogP contribution in [0.5, 0.6) is 5.75 Å². The van der Waals surface area contributed by atoms with Gasteiger partial charge in [-0.15, -0.1) is 0 Å². The summed E-state index contributed by atoms with van der Waals surface area (Å²) in [4.78, 5) is 13.0. The third kappa shape index (κ3) is 3.05. The average molecular weight is 371 g/mol. The summed E-state index contributed by atoms with van der Waals surface area (Å²) in [6.07, 6.45) is 4.63. The van der Waals surface area contributed by atoms with Crippen LogP contribution in [0, 0.1) is 6.92 Å². The van der Waals surface area contributed by atoms with Gasteiger partial charge in [-0.05, 0) is 54.2 Å². The first-order valence-corrected chi connectivity index (χ1v) is 10.2. The lowest BCUT2D eigenvalue weighted by Crippen LogP contribution is -2.50. The summed E-state index contributed by atoms with van der Waals surface area (Å²) in [5.74, 6) is 1.02. The van der Waals surface area contributed by atoms with Gasteiger partial charge in [0.1, 0.15) is 11.4 Å². The first-order valence-electron chi connectivity index (χ1n) is 10.2. The number of benzene rings is 3. The first-order chi connectivity index (χ1) is 13.6. The molecule has 3 nitrogen and oxygen atoms in total. The van der Waals surface area contributed by atoms with E-state index in [1.165, 1.54) is 17.4 Å². The number of nitrogens with one attached hydrogen (secondary N) is 1. The molecule has 3 aromatic carbocycles. The van der Waals surface area contributed by atoms with Crippen LogP contribution in [0.3, 0.4) is 0 Å². The Morgan fingerprint density at radius 1 is 1.11 bits per heavy atom. The van der Waals surface area contributed by atoms with Crippen LogP contribution in [0.1, 0.15) is 48.4 Å². The van der Waals surface area contributed by atoms with E-state index in [9.17, 15) is 4.79 Å². The zero-order valence-corrected chi connectivity index (χ0v) is 16.2. The highest BCUT2D eigenvalue weighted by Crippen LogP contribution is 2.49. The third-order valence-corrected chi connectivity index (χ3v) is 6.28. The van der Waals surface area contributed by atoms with Crippen molar-refractivity contribution >= 4 is 16.7 Å². The van der Waals surface area contributed by atoms with Crippen LogP contribution < -0.4 is 10.1 Å². The minimum absolute atomic E-state index is 0.0205. The monoisotopic (exact) mass is 371 g/mol. The maximum Gasteiger partial charge on any atom is 0.224 e. The Labute approximate surface area is 165 Å². The molecule has 1 heterocycles. The standard InChI is InChI=1S/C25H25NO2/c1-17-10-11-21-22(16-25(12-5-13-25)28-23(21)14-17)26-24(27)15-19-8-4-7-18-6-2-3-9-20(18)19/h2-4,6-11,14,22H,5,12-13,15-16H2,1H3,(H,26,27). The number of ether oxygens (including phenoxy) is 1. The molecule has 0 radical (unpaired) electrons. The lowest BCUT2D eigenvalue weighted by molar-refractivity contribution is -0.122. The van der Waals surface area contributed by atoms with Gasteiger partial charge in [-0.3, -0.25) is 4.79 Å². The van der Waals surface area contributed by atoms with Crippen molar-refractivity contribution in [3.05, 3.63) is 77.4 Å². The van der Waals surface area contributed by atoms with Crippen molar-refractivity contribution < 1.29 is 9.53 Å². The van der Waals surface area contributed by atoms with E-state index in [1.807, 2.05) is 18.2 Å². The van der Waals surface area contributed by atoms with Crippen molar-refractivity contribution in [2.45, 2.75) is 50.7 Å². The molecule has 1 amide bonds. The number of rotatable bonds is 3. The Morgan fingerprint density at radius 3 is 2.75 bits per heavy atom. The summed E-state index contributed by atoms with van der Waals surface area (Å²) in [6, 6.07) is 20.8. The second kappa shape index (κ2) is 6.66. The molecule has 1 N–H and O–H groups in total. The zero-order chi connectivity index (χ0) is 19.1. The molecule has 1 atom stereocenters. The van der Waals surface area contributed by atoms with Gasteiger partial charge >= 0.3 is 0 Å². The Kier molecular flexibility index (Phi) is 4.12. The second-order valence-corrected chi connectivity index (χ2v) is 8.32. The molecule has 28 heavy (non-hydrogen) atoms. The van der Waals surface area contributed by atoms with Crippen molar-refractivity contribution in [3.63, 3.8) is 0 Å². The van der Waals surface area contributed by atoms with Crippen LogP contribution in [-0.2, 0) is 11.2 Å². The number of carbonyl (C=O) groups excluding carboxylic acids is 1. The van der Waals surface area contributed by atoms with Gasteiger partial charge in [-0.25, -0.2) is 0 Å². The number of fused-ring (bicyclic) bond motifs is 2. The van der Waals surface area contributed by atoms with E-state index in [-0.39, 0.29) is 17.6 Å². The third-order valence-electron chi connectivity index (χ3n) is 6.28. The van der Waals surface area contributed by atoms with E-state index in [2.05, 4.69) is 54.7 Å². The van der Waals surface area contributed by atoms with E-state index in [4.69, 9.17) is 4.74 Å². The Morgan fingerprint density at radius 2 is 1.93 bits per heavy atom. The lowest BCUT2D eigenvalue weighted by atomic mass is 9.73. The van der Waals surface area contributed by atoms with E-state index >= 15 is 0 Å². The van der Waals surface area contributed by atoms with Crippen LogP contribution in [0.2, 0.25) is 0 Å². The summed E-state index contributed by atoms with van der Waals surface area (Å²) in [7, 11) is 0. The molecular formula is C25H25NO2. The summed E-state index contributed by atoms with van der Waals surface area (Å²) in [5.41, 5.74) is 3.29. The smallest absolute Gasteiger partial charge is 0.224 e. The Hall–Kier alpha value is -2.81. The fraction of sp³-hybridized carbons (Fsp3) is 0.320. The van der Waals surface area contributed by atoms with Crippen LogP contribution in [-0.4, -0.2) is 11.5 Å². The molecule has 1 spiro atoms. The number of amides is 1. The number of hydrogen-bond donors (Lipinski definition) is 1. The predicted molar refractivity (Wildman–Crippen MR) is 112 cm³/mol. The Balaban J connectivity index is 1.40. The van der Waals surface area contributed by atoms with Gasteiger partial charge in [-0.1, -0.05) is 54.6 Å². The topological polar surface area (TPSA) is 38.3 Å². The molecule has 1 aliphatic carbocycles. The molecule has 1 unspecified atom stereocenters. The predicted octanol–water partition coefficient (Wildman–Crippen LogP) is 5.25. The first kappa shape index (κ1) is 17.3. The quantitative estimate of drug-likeness (QED) is 0.682. The highest BCUT2D eigenvalue weighted by molar-refractivity contribution is 5.90. The van der Waals surface area contributed by atoms with E-state index in [1.54, 1.807) is 0 Å². The maximum atomic E-state index is 13.0. The molecule has 0 bridgehead atoms. The van der Waals surface area contributed by atoms with Crippen molar-refractivity contribution in [2.75, 3.05) is 0 Å². The minimum Gasteiger partial charge on any atom is -0.487 e. The minimum atomic E-state index is -0.0851. The van der Waals surface area contributed by atoms with Gasteiger partial charge in [0.2, 0.25) is 5.91 Å². The molecule has 3 heteroatoms. The van der Waals surface area contributed by atoms with E-state index < -0.39 is 0 Å². The SMILES string of the molecule is Cc1ccc2c(c1)OC1(CCC1)CC2NC(=O)Cc1cccc2ccccc12. The van der Waals surface area contributed by atoms with Crippen molar-refractivity contribution in [3.8, 4) is 5.75 Å². The fourth-order valence-electron chi connectivity index (χ4n) is 4.65. The molecule has 3 aromatic rings. The molecule has 2 aliphatic rings. The van der Waals surface area contributed by atoms with Crippen LogP contribution in [0.15, 0.2) is 60.7 Å². The molecule has 1 fully saturated rings. The molecule has 0 saturated heterocycles. The van der Waals surface area contributed by atoms with Gasteiger partial charge in [0, 0.05) is 12.0 Å². The van der Waals surface area contributed by atoms with Crippen molar-refractivity contribution in [2.24, 2.45) is 0 Å². The van der Waals surface area contributed by atoms with E-state index in [0.29, 0.717) is 6.42 Å². The van der Waals surface area contributed by atoms with Crippen LogP contribution in [0.4, 0.5) is 0 Å². The van der Waals surface area contributed by atoms with Gasteiger partial charge in [0.05, 0.1) is 12.5 Å². The molecule has 1 saturated carbocycles. The summed E-state index contributed by atoms with van der Waals surface area (Å²) < 4.78 is 6.37. The molecule has 142 valence electrons. The van der Waals surface area contributed by atoms with Crippen molar-refractivity contribution in [1.29, 1.82) is 0 Å². The molecule has 5 rings (SSSR count). The lowest BCUT2D eigenvalue weighted by Gasteiger charge is -2.48. The molecular weight excluding hydrogens is 346 g/mol. The highest BCUT2D eigenvalue weighted by Gasteiger charge is 2.45.